The zero-order valence-corrected chi connectivity index (χ0v) is 16.1. The van der Waals surface area contributed by atoms with Crippen LogP contribution in [0, 0.1) is 0 Å². The lowest BCUT2D eigenvalue weighted by molar-refractivity contribution is -0.121. The molecule has 2 aromatic rings. The SMILES string of the molecule is CN(CCCNC(=O)CC(N)c1ccccc1)c1ccccc1.Cl.Cl. The maximum atomic E-state index is 11.9. The number of amides is 1. The Morgan fingerprint density at radius 1 is 1.04 bits per heavy atom. The quantitative estimate of drug-likeness (QED) is 0.685. The van der Waals surface area contributed by atoms with E-state index in [1.807, 2.05) is 48.5 Å². The van der Waals surface area contributed by atoms with Gasteiger partial charge >= 0.3 is 0 Å². The van der Waals surface area contributed by atoms with Gasteiger partial charge in [0.15, 0.2) is 0 Å². The number of hydrogen-bond donors (Lipinski definition) is 2. The molecule has 0 aliphatic carbocycles. The van der Waals surface area contributed by atoms with Gasteiger partial charge in [-0.15, -0.1) is 24.8 Å². The van der Waals surface area contributed by atoms with E-state index in [0.717, 1.165) is 18.5 Å². The molecule has 1 atom stereocenters. The standard InChI is InChI=1S/C19H25N3O.2ClH/c1-22(17-11-6-3-7-12-17)14-8-13-21-19(23)15-18(20)16-9-4-2-5-10-16;;/h2-7,9-12,18H,8,13-15,20H2,1H3,(H,21,23);2*1H. The van der Waals surface area contributed by atoms with E-state index >= 15 is 0 Å². The third kappa shape index (κ3) is 8.25. The Bertz CT molecular complexity index is 596. The van der Waals surface area contributed by atoms with Gasteiger partial charge in [0, 0.05) is 38.3 Å². The van der Waals surface area contributed by atoms with E-state index in [0.29, 0.717) is 13.0 Å². The molecule has 1 unspecified atom stereocenters. The molecule has 0 saturated carbocycles. The largest absolute Gasteiger partial charge is 0.375 e. The van der Waals surface area contributed by atoms with E-state index < -0.39 is 0 Å². The molecule has 2 aromatic carbocycles. The van der Waals surface area contributed by atoms with Crippen molar-refractivity contribution in [1.29, 1.82) is 0 Å². The first-order valence-corrected chi connectivity index (χ1v) is 8.00. The van der Waals surface area contributed by atoms with Crippen LogP contribution in [-0.4, -0.2) is 26.0 Å². The van der Waals surface area contributed by atoms with Crippen LogP contribution >= 0.6 is 24.8 Å². The summed E-state index contributed by atoms with van der Waals surface area (Å²) in [6.45, 7) is 1.56. The van der Waals surface area contributed by atoms with Crippen molar-refractivity contribution in [3.63, 3.8) is 0 Å². The van der Waals surface area contributed by atoms with Crippen LogP contribution in [0.4, 0.5) is 5.69 Å². The molecule has 6 heteroatoms. The van der Waals surface area contributed by atoms with Crippen molar-refractivity contribution < 1.29 is 4.79 Å². The first-order chi connectivity index (χ1) is 11.2. The van der Waals surface area contributed by atoms with Crippen LogP contribution in [0.15, 0.2) is 60.7 Å². The molecule has 0 spiro atoms. The third-order valence-electron chi connectivity index (χ3n) is 3.82. The van der Waals surface area contributed by atoms with E-state index in [1.54, 1.807) is 0 Å². The van der Waals surface area contributed by atoms with Crippen molar-refractivity contribution in [3.8, 4) is 0 Å². The van der Waals surface area contributed by atoms with Crippen LogP contribution in [0.3, 0.4) is 0 Å². The lowest BCUT2D eigenvalue weighted by Crippen LogP contribution is -2.30. The Morgan fingerprint density at radius 3 is 2.20 bits per heavy atom. The Morgan fingerprint density at radius 2 is 1.60 bits per heavy atom. The number of nitrogens with two attached hydrogens (primary N) is 1. The van der Waals surface area contributed by atoms with Crippen molar-refractivity contribution in [2.45, 2.75) is 18.9 Å². The highest BCUT2D eigenvalue weighted by molar-refractivity contribution is 5.85. The summed E-state index contributed by atoms with van der Waals surface area (Å²) in [6, 6.07) is 19.7. The van der Waals surface area contributed by atoms with Crippen LogP contribution in [0.2, 0.25) is 0 Å². The number of nitrogens with zero attached hydrogens (tertiary/aromatic N) is 1. The number of anilines is 1. The molecule has 0 radical (unpaired) electrons. The fourth-order valence-electron chi connectivity index (χ4n) is 2.45. The minimum atomic E-state index is -0.247. The second-order valence-electron chi connectivity index (χ2n) is 5.68. The first kappa shape index (κ1) is 23.2. The predicted molar refractivity (Wildman–Crippen MR) is 110 cm³/mol. The lowest BCUT2D eigenvalue weighted by Gasteiger charge is -2.19. The molecule has 0 aliphatic rings. The molecule has 3 N–H and O–H groups in total. The van der Waals surface area contributed by atoms with Crippen LogP contribution < -0.4 is 16.0 Å². The van der Waals surface area contributed by atoms with Gasteiger partial charge in [-0.3, -0.25) is 4.79 Å². The van der Waals surface area contributed by atoms with Gasteiger partial charge in [-0.2, -0.15) is 0 Å². The molecule has 4 nitrogen and oxygen atoms in total. The normalized spacial score (nSPS) is 10.8. The van der Waals surface area contributed by atoms with Gasteiger partial charge in [-0.05, 0) is 24.1 Å². The van der Waals surface area contributed by atoms with Crippen LogP contribution in [-0.2, 0) is 4.79 Å². The molecule has 2 rings (SSSR count). The van der Waals surface area contributed by atoms with Gasteiger partial charge in [-0.1, -0.05) is 48.5 Å². The number of carbonyl (C=O) groups excluding carboxylic acids is 1. The Hall–Kier alpha value is -1.75. The maximum Gasteiger partial charge on any atom is 0.221 e. The first-order valence-electron chi connectivity index (χ1n) is 8.00. The molecular weight excluding hydrogens is 357 g/mol. The van der Waals surface area contributed by atoms with Crippen molar-refractivity contribution in [2.75, 3.05) is 25.0 Å². The summed E-state index contributed by atoms with van der Waals surface area (Å²) in [7, 11) is 2.06. The highest BCUT2D eigenvalue weighted by Gasteiger charge is 2.10. The Labute approximate surface area is 162 Å². The fraction of sp³-hybridized carbons (Fsp3) is 0.316. The second-order valence-corrected chi connectivity index (χ2v) is 5.68. The molecule has 25 heavy (non-hydrogen) atoms. The average Bonchev–Trinajstić information content (AvgIpc) is 2.60. The molecular formula is C19H27Cl2N3O. The van der Waals surface area contributed by atoms with Crippen LogP contribution in [0.5, 0.6) is 0 Å². The number of nitrogens with one attached hydrogen (secondary N) is 1. The highest BCUT2D eigenvalue weighted by atomic mass is 35.5. The summed E-state index contributed by atoms with van der Waals surface area (Å²) in [5.41, 5.74) is 8.23. The van der Waals surface area contributed by atoms with E-state index in [-0.39, 0.29) is 36.8 Å². The van der Waals surface area contributed by atoms with Gasteiger partial charge in [0.25, 0.3) is 0 Å². The Kier molecular flexibility index (Phi) is 11.7. The van der Waals surface area contributed by atoms with Crippen LogP contribution in [0.25, 0.3) is 0 Å². The van der Waals surface area contributed by atoms with E-state index in [2.05, 4.69) is 29.4 Å². The average molecular weight is 384 g/mol. The number of halogens is 2. The Balaban J connectivity index is 0.00000288. The second kappa shape index (κ2) is 12.6. The zero-order valence-electron chi connectivity index (χ0n) is 14.4. The van der Waals surface area contributed by atoms with Crippen molar-refractivity contribution in [3.05, 3.63) is 66.2 Å². The molecule has 138 valence electrons. The monoisotopic (exact) mass is 383 g/mol. The van der Waals surface area contributed by atoms with Crippen molar-refractivity contribution in [2.24, 2.45) is 5.73 Å². The minimum Gasteiger partial charge on any atom is -0.375 e. The highest BCUT2D eigenvalue weighted by Crippen LogP contribution is 2.13. The number of carbonyl (C=O) groups is 1. The van der Waals surface area contributed by atoms with Gasteiger partial charge < -0.3 is 16.0 Å². The molecule has 0 aliphatic heterocycles. The van der Waals surface area contributed by atoms with E-state index in [4.69, 9.17) is 5.73 Å². The fourth-order valence-corrected chi connectivity index (χ4v) is 2.45. The maximum absolute atomic E-state index is 11.9. The summed E-state index contributed by atoms with van der Waals surface area (Å²) in [6.07, 6.45) is 1.22. The number of para-hydroxylation sites is 1. The summed E-state index contributed by atoms with van der Waals surface area (Å²) in [5.74, 6) is 0.00344. The summed E-state index contributed by atoms with van der Waals surface area (Å²) in [4.78, 5) is 14.1. The molecule has 0 aromatic heterocycles. The van der Waals surface area contributed by atoms with Crippen molar-refractivity contribution >= 4 is 36.4 Å². The van der Waals surface area contributed by atoms with Gasteiger partial charge in [-0.25, -0.2) is 0 Å². The van der Waals surface area contributed by atoms with Gasteiger partial charge in [0.05, 0.1) is 0 Å². The van der Waals surface area contributed by atoms with E-state index in [1.165, 1.54) is 5.69 Å². The lowest BCUT2D eigenvalue weighted by atomic mass is 10.0. The minimum absolute atomic E-state index is 0. The number of hydrogen-bond acceptors (Lipinski definition) is 3. The molecule has 0 heterocycles. The molecule has 0 bridgehead atoms. The predicted octanol–water partition coefficient (Wildman–Crippen LogP) is 3.56. The van der Waals surface area contributed by atoms with Crippen LogP contribution in [0.1, 0.15) is 24.4 Å². The summed E-state index contributed by atoms with van der Waals surface area (Å²) >= 11 is 0. The van der Waals surface area contributed by atoms with Gasteiger partial charge in [0.1, 0.15) is 0 Å². The molecule has 0 saturated heterocycles. The zero-order chi connectivity index (χ0) is 16.5. The number of rotatable bonds is 8. The molecule has 0 fully saturated rings. The van der Waals surface area contributed by atoms with Crippen molar-refractivity contribution in [1.82, 2.24) is 5.32 Å². The summed E-state index contributed by atoms with van der Waals surface area (Å²) < 4.78 is 0. The topological polar surface area (TPSA) is 58.4 Å². The van der Waals surface area contributed by atoms with Gasteiger partial charge in [0.2, 0.25) is 5.91 Å². The smallest absolute Gasteiger partial charge is 0.221 e. The molecule has 1 amide bonds. The number of benzene rings is 2. The van der Waals surface area contributed by atoms with E-state index in [9.17, 15) is 4.79 Å². The third-order valence-corrected chi connectivity index (χ3v) is 3.82. The summed E-state index contributed by atoms with van der Waals surface area (Å²) in [5, 5.41) is 2.94.